The van der Waals surface area contributed by atoms with E-state index in [9.17, 15) is 0 Å². The van der Waals surface area contributed by atoms with Crippen LogP contribution in [0.2, 0.25) is 5.15 Å². The summed E-state index contributed by atoms with van der Waals surface area (Å²) >= 11 is 8.33. The Labute approximate surface area is 136 Å². The first-order chi connectivity index (χ1) is 9.69. The zero-order valence-electron chi connectivity index (χ0n) is 11.1. The molecule has 5 heteroatoms. The average Bonchev–Trinajstić information content (AvgIpc) is 3.29. The normalized spacial score (nSPS) is 14.6. The van der Waals surface area contributed by atoms with Crippen LogP contribution in [0.3, 0.4) is 0 Å². The van der Waals surface area contributed by atoms with Gasteiger partial charge < -0.3 is 4.74 Å². The summed E-state index contributed by atoms with van der Waals surface area (Å²) in [6.45, 7) is 0.438. The van der Waals surface area contributed by atoms with Crippen LogP contribution in [0.5, 0.6) is 0 Å². The Morgan fingerprint density at radius 1 is 1.25 bits per heavy atom. The third kappa shape index (κ3) is 2.97. The predicted octanol–water partition coefficient (Wildman–Crippen LogP) is 4.43. The number of ether oxygens (including phenoxy) is 1. The van der Waals surface area contributed by atoms with E-state index in [1.807, 2.05) is 0 Å². The molecule has 0 amide bonds. The van der Waals surface area contributed by atoms with E-state index in [2.05, 4.69) is 56.8 Å². The number of methoxy groups -OCH3 is 1. The lowest BCUT2D eigenvalue weighted by molar-refractivity contribution is 0.181. The van der Waals surface area contributed by atoms with Crippen molar-refractivity contribution in [2.75, 3.05) is 7.11 Å². The van der Waals surface area contributed by atoms with Crippen LogP contribution < -0.4 is 0 Å². The molecule has 0 atom stereocenters. The quantitative estimate of drug-likeness (QED) is 0.563. The molecule has 3 nitrogen and oxygen atoms in total. The Morgan fingerprint density at radius 2 is 1.95 bits per heavy atom. The Kier molecular flexibility index (Phi) is 4.23. The maximum Gasteiger partial charge on any atom is 0.161 e. The van der Waals surface area contributed by atoms with Crippen molar-refractivity contribution < 1.29 is 4.74 Å². The molecule has 1 aromatic heterocycles. The molecule has 0 saturated heterocycles. The molecule has 1 aromatic carbocycles. The Hall–Kier alpha value is -0.720. The third-order valence-electron chi connectivity index (χ3n) is 3.38. The van der Waals surface area contributed by atoms with Crippen molar-refractivity contribution in [3.8, 4) is 11.4 Å². The largest absolute Gasteiger partial charge is 0.378 e. The van der Waals surface area contributed by atoms with E-state index in [0.717, 1.165) is 20.7 Å². The van der Waals surface area contributed by atoms with Crippen LogP contribution in [0.25, 0.3) is 11.4 Å². The number of rotatable bonds is 4. The summed E-state index contributed by atoms with van der Waals surface area (Å²) in [5, 5.41) is 0.480. The van der Waals surface area contributed by atoms with Gasteiger partial charge in [0.15, 0.2) is 5.82 Å². The highest BCUT2D eigenvalue weighted by Gasteiger charge is 2.23. The minimum Gasteiger partial charge on any atom is -0.378 e. The molecule has 0 N–H and O–H groups in total. The van der Waals surface area contributed by atoms with Crippen molar-refractivity contribution in [3.05, 3.63) is 44.2 Å². The van der Waals surface area contributed by atoms with E-state index < -0.39 is 0 Å². The lowest BCUT2D eigenvalue weighted by Gasteiger charge is -2.08. The van der Waals surface area contributed by atoms with Crippen LogP contribution in [0.15, 0.2) is 24.3 Å². The van der Waals surface area contributed by atoms with Crippen LogP contribution in [0.1, 0.15) is 30.0 Å². The van der Waals surface area contributed by atoms with Crippen molar-refractivity contribution in [3.63, 3.8) is 0 Å². The van der Waals surface area contributed by atoms with Crippen LogP contribution >= 0.6 is 34.2 Å². The van der Waals surface area contributed by atoms with Crippen molar-refractivity contribution in [1.29, 1.82) is 0 Å². The summed E-state index contributed by atoms with van der Waals surface area (Å²) in [4.78, 5) is 8.92. The molecule has 1 saturated carbocycles. The van der Waals surface area contributed by atoms with Crippen molar-refractivity contribution in [1.82, 2.24) is 9.97 Å². The van der Waals surface area contributed by atoms with Gasteiger partial charge in [0, 0.05) is 12.7 Å². The lowest BCUT2D eigenvalue weighted by atomic mass is 10.1. The summed E-state index contributed by atoms with van der Waals surface area (Å²) < 4.78 is 6.01. The van der Waals surface area contributed by atoms with E-state index in [1.165, 1.54) is 18.4 Å². The highest BCUT2D eigenvalue weighted by Crippen LogP contribution is 2.40. The fraction of sp³-hybridized carbons (Fsp3) is 0.333. The molecule has 0 unspecified atom stereocenters. The molecule has 1 fully saturated rings. The molecule has 2 aromatic rings. The van der Waals surface area contributed by atoms with Gasteiger partial charge in [-0.15, -0.1) is 0 Å². The maximum atomic E-state index is 6.18. The second-order valence-electron chi connectivity index (χ2n) is 4.93. The van der Waals surface area contributed by atoms with E-state index in [4.69, 9.17) is 16.3 Å². The molecule has 1 heterocycles. The fourth-order valence-electron chi connectivity index (χ4n) is 2.15. The van der Waals surface area contributed by atoms with Crippen LogP contribution in [0.4, 0.5) is 0 Å². The van der Waals surface area contributed by atoms with Crippen molar-refractivity contribution in [2.45, 2.75) is 25.4 Å². The highest BCUT2D eigenvalue weighted by atomic mass is 127. The van der Waals surface area contributed by atoms with Crippen LogP contribution in [-0.4, -0.2) is 17.1 Å². The van der Waals surface area contributed by atoms with Gasteiger partial charge in [0.1, 0.15) is 5.15 Å². The Balaban J connectivity index is 1.95. The minimum absolute atomic E-state index is 0.438. The molecule has 104 valence electrons. The van der Waals surface area contributed by atoms with Crippen molar-refractivity contribution in [2.24, 2.45) is 0 Å². The summed E-state index contributed by atoms with van der Waals surface area (Å²) in [5.41, 5.74) is 3.22. The van der Waals surface area contributed by atoms with Gasteiger partial charge >= 0.3 is 0 Å². The summed E-state index contributed by atoms with van der Waals surface area (Å²) in [5.74, 6) is 1.42. The zero-order chi connectivity index (χ0) is 14.1. The number of hydrogen-bond donors (Lipinski definition) is 0. The van der Waals surface area contributed by atoms with E-state index >= 15 is 0 Å². The first kappa shape index (κ1) is 14.2. The molecule has 0 aliphatic heterocycles. The lowest BCUT2D eigenvalue weighted by Crippen LogP contribution is -2.02. The topological polar surface area (TPSA) is 35.0 Å². The SMILES string of the molecule is COCc1nc(-c2ccc(C3CC3)cc2)nc(Cl)c1I. The molecule has 0 spiro atoms. The monoisotopic (exact) mass is 400 g/mol. The van der Waals surface area contributed by atoms with E-state index in [0.29, 0.717) is 17.6 Å². The molecule has 1 aliphatic rings. The Morgan fingerprint density at radius 3 is 2.55 bits per heavy atom. The first-order valence-corrected chi connectivity index (χ1v) is 7.96. The number of aromatic nitrogens is 2. The molecular weight excluding hydrogens is 387 g/mol. The van der Waals surface area contributed by atoms with E-state index in [-0.39, 0.29) is 0 Å². The van der Waals surface area contributed by atoms with Gasteiger partial charge in [-0.3, -0.25) is 0 Å². The van der Waals surface area contributed by atoms with Gasteiger partial charge in [0.2, 0.25) is 0 Å². The molecule has 0 radical (unpaired) electrons. The van der Waals surface area contributed by atoms with Gasteiger partial charge in [-0.2, -0.15) is 0 Å². The smallest absolute Gasteiger partial charge is 0.161 e. The number of nitrogens with zero attached hydrogens (tertiary/aromatic N) is 2. The van der Waals surface area contributed by atoms with Crippen LogP contribution in [-0.2, 0) is 11.3 Å². The number of halogens is 2. The number of benzene rings is 1. The van der Waals surface area contributed by atoms with Gasteiger partial charge in [-0.1, -0.05) is 35.9 Å². The average molecular weight is 401 g/mol. The van der Waals surface area contributed by atoms with Crippen molar-refractivity contribution >= 4 is 34.2 Å². The fourth-order valence-corrected chi connectivity index (χ4v) is 2.73. The predicted molar refractivity (Wildman–Crippen MR) is 87.9 cm³/mol. The second kappa shape index (κ2) is 5.95. The van der Waals surface area contributed by atoms with Gasteiger partial charge in [0.05, 0.1) is 15.9 Å². The van der Waals surface area contributed by atoms with Gasteiger partial charge in [-0.25, -0.2) is 9.97 Å². The summed E-state index contributed by atoms with van der Waals surface area (Å²) in [6.07, 6.45) is 2.62. The second-order valence-corrected chi connectivity index (χ2v) is 6.36. The third-order valence-corrected chi connectivity index (χ3v) is 5.10. The molecule has 20 heavy (non-hydrogen) atoms. The standard InChI is InChI=1S/C15H14ClIN2O/c1-20-8-12-13(17)14(16)19-15(18-12)11-6-4-10(5-7-11)9-2-3-9/h4-7,9H,2-3,8H2,1H3. The molecule has 0 bridgehead atoms. The van der Waals surface area contributed by atoms with E-state index in [1.54, 1.807) is 7.11 Å². The van der Waals surface area contributed by atoms with Crippen LogP contribution in [0, 0.1) is 3.57 Å². The molecule has 1 aliphatic carbocycles. The molecule has 3 rings (SSSR count). The summed E-state index contributed by atoms with van der Waals surface area (Å²) in [7, 11) is 1.65. The maximum absolute atomic E-state index is 6.18. The van der Waals surface area contributed by atoms with Gasteiger partial charge in [0.25, 0.3) is 0 Å². The highest BCUT2D eigenvalue weighted by molar-refractivity contribution is 14.1. The van der Waals surface area contributed by atoms with Gasteiger partial charge in [-0.05, 0) is 46.9 Å². The Bertz CT molecular complexity index is 627. The first-order valence-electron chi connectivity index (χ1n) is 6.50. The summed E-state index contributed by atoms with van der Waals surface area (Å²) in [6, 6.07) is 8.47. The minimum atomic E-state index is 0.438. The molecular formula is C15H14ClIN2O. The number of hydrogen-bond acceptors (Lipinski definition) is 3. The zero-order valence-corrected chi connectivity index (χ0v) is 14.0.